The van der Waals surface area contributed by atoms with Gasteiger partial charge in [-0.05, 0) is 101 Å². The number of para-hydroxylation sites is 1. The number of carbonyl (C=O) groups is 2. The molecule has 0 bridgehead atoms. The maximum atomic E-state index is 13.1. The number of rotatable bonds is 21. The Bertz CT molecular complexity index is 1900. The molecule has 2 amide bonds. The van der Waals surface area contributed by atoms with Crippen molar-refractivity contribution in [1.82, 2.24) is 45.2 Å². The van der Waals surface area contributed by atoms with Crippen molar-refractivity contribution in [2.45, 2.75) is 107 Å². The summed E-state index contributed by atoms with van der Waals surface area (Å²) in [6.45, 7) is 5.42. The molecule has 2 aromatic carbocycles. The molecular formula is C40H58N12O4S. The van der Waals surface area contributed by atoms with Crippen molar-refractivity contribution in [3.8, 4) is 5.75 Å². The first-order valence-electron chi connectivity index (χ1n) is 20.3. The monoisotopic (exact) mass is 802 g/mol. The minimum atomic E-state index is -1.77. The molecule has 2 fully saturated rings. The van der Waals surface area contributed by atoms with Gasteiger partial charge in [0.25, 0.3) is 0 Å². The van der Waals surface area contributed by atoms with Crippen LogP contribution in [0.4, 0.5) is 11.8 Å². The smallest absolute Gasteiger partial charge is 0.248 e. The molecule has 3 heterocycles. The topological polar surface area (TPSA) is 206 Å². The Morgan fingerprint density at radius 3 is 2.51 bits per heavy atom. The normalized spacial score (nSPS) is 16.3. The standard InChI is InChI=1S/C40H58N12O4S/c1-56-32-13-15-33(16-14-32)57(55)49-39(54)35(41)17-18-37(53)51-25-19-30(20-26-51)45-38-34-11-5-6-12-36(34)46-40(47-38)44-27-31-28-52(50-48-31)24-8-22-42-21-7-23-43-29-9-3-2-4-10-29/h5-6,11-16,28-30,35,42-43H,2-4,7-10,17-27,41H2,1H3,(H,49,54)(H2,44,45,46,47)/t35-,57?/m0/s1. The highest BCUT2D eigenvalue weighted by molar-refractivity contribution is 7.83. The molecule has 7 N–H and O–H groups in total. The number of hydrogen-bond donors (Lipinski definition) is 6. The second-order valence-corrected chi connectivity index (χ2v) is 16.1. The molecule has 1 aliphatic carbocycles. The van der Waals surface area contributed by atoms with E-state index in [1.807, 2.05) is 40.0 Å². The second kappa shape index (κ2) is 21.7. The van der Waals surface area contributed by atoms with Gasteiger partial charge < -0.3 is 36.6 Å². The molecule has 2 aromatic heterocycles. The third-order valence-electron chi connectivity index (χ3n) is 10.6. The number of piperidine rings is 1. The van der Waals surface area contributed by atoms with Crippen LogP contribution in [-0.4, -0.2) is 104 Å². The predicted octanol–water partition coefficient (Wildman–Crippen LogP) is 3.48. The number of fused-ring (bicyclic) bond motifs is 1. The average Bonchev–Trinajstić information content (AvgIpc) is 3.71. The molecule has 0 spiro atoms. The molecule has 2 atom stereocenters. The first kappa shape index (κ1) is 41.9. The zero-order valence-electron chi connectivity index (χ0n) is 33.0. The van der Waals surface area contributed by atoms with Gasteiger partial charge in [0.15, 0.2) is 11.0 Å². The molecule has 16 nitrogen and oxygen atoms in total. The highest BCUT2D eigenvalue weighted by atomic mass is 32.2. The Morgan fingerprint density at radius 2 is 1.72 bits per heavy atom. The highest BCUT2D eigenvalue weighted by Gasteiger charge is 2.25. The van der Waals surface area contributed by atoms with E-state index in [9.17, 15) is 13.8 Å². The lowest BCUT2D eigenvalue weighted by molar-refractivity contribution is -0.132. The number of amides is 2. The van der Waals surface area contributed by atoms with Gasteiger partial charge in [-0.2, -0.15) is 4.98 Å². The summed E-state index contributed by atoms with van der Waals surface area (Å²) in [5, 5.41) is 23.8. The SMILES string of the molecule is COc1ccc(S(=O)NC(=O)[C@@H](N)CCC(=O)N2CCC(Nc3nc(NCc4cn(CCCNCCCNC5CCCCC5)nn4)nc4ccccc34)CC2)cc1. The minimum absolute atomic E-state index is 0.0615. The molecular weight excluding hydrogens is 745 g/mol. The van der Waals surface area contributed by atoms with Gasteiger partial charge in [-0.25, -0.2) is 9.19 Å². The molecule has 4 aromatic rings. The summed E-state index contributed by atoms with van der Waals surface area (Å²) >= 11 is 0. The lowest BCUT2D eigenvalue weighted by Crippen LogP contribution is -2.44. The Morgan fingerprint density at radius 1 is 0.947 bits per heavy atom. The number of nitrogens with two attached hydrogens (primary N) is 1. The van der Waals surface area contributed by atoms with E-state index in [0.29, 0.717) is 36.2 Å². The van der Waals surface area contributed by atoms with Gasteiger partial charge in [0, 0.05) is 43.5 Å². The van der Waals surface area contributed by atoms with E-state index in [-0.39, 0.29) is 24.8 Å². The van der Waals surface area contributed by atoms with Crippen molar-refractivity contribution in [2.75, 3.05) is 50.5 Å². The van der Waals surface area contributed by atoms with E-state index in [1.54, 1.807) is 24.3 Å². The Kier molecular flexibility index (Phi) is 16.0. The van der Waals surface area contributed by atoms with Crippen LogP contribution in [0, 0.1) is 0 Å². The molecule has 17 heteroatoms. The highest BCUT2D eigenvalue weighted by Crippen LogP contribution is 2.25. The van der Waals surface area contributed by atoms with E-state index < -0.39 is 22.9 Å². The van der Waals surface area contributed by atoms with Crippen LogP contribution in [0.3, 0.4) is 0 Å². The number of carbonyl (C=O) groups excluding carboxylic acids is 2. The molecule has 6 rings (SSSR count). The molecule has 1 saturated heterocycles. The van der Waals surface area contributed by atoms with Crippen molar-refractivity contribution >= 4 is 45.5 Å². The van der Waals surface area contributed by atoms with Gasteiger partial charge in [-0.3, -0.25) is 19.0 Å². The fourth-order valence-corrected chi connectivity index (χ4v) is 8.08. The number of likely N-dealkylation sites (tertiary alicyclic amines) is 1. The summed E-state index contributed by atoms with van der Waals surface area (Å²) in [5.41, 5.74) is 7.70. The van der Waals surface area contributed by atoms with Gasteiger partial charge in [0.1, 0.15) is 17.3 Å². The van der Waals surface area contributed by atoms with Gasteiger partial charge >= 0.3 is 0 Å². The van der Waals surface area contributed by atoms with E-state index in [4.69, 9.17) is 20.4 Å². The predicted molar refractivity (Wildman–Crippen MR) is 222 cm³/mol. The summed E-state index contributed by atoms with van der Waals surface area (Å²) < 4.78 is 22.0. The van der Waals surface area contributed by atoms with Crippen LogP contribution < -0.4 is 36.5 Å². The third-order valence-corrected chi connectivity index (χ3v) is 11.7. The quantitative estimate of drug-likeness (QED) is 0.0669. The molecule has 2 aliphatic rings. The lowest BCUT2D eigenvalue weighted by Gasteiger charge is -2.33. The van der Waals surface area contributed by atoms with Gasteiger partial charge in [-0.1, -0.05) is 36.6 Å². The van der Waals surface area contributed by atoms with Crippen LogP contribution in [0.1, 0.15) is 76.3 Å². The van der Waals surface area contributed by atoms with Crippen LogP contribution in [0.5, 0.6) is 5.75 Å². The van der Waals surface area contributed by atoms with E-state index in [1.165, 1.54) is 39.2 Å². The fraction of sp³-hybridized carbons (Fsp3) is 0.550. The Labute approximate surface area is 337 Å². The van der Waals surface area contributed by atoms with Crippen LogP contribution >= 0.6 is 0 Å². The third kappa shape index (κ3) is 12.9. The summed E-state index contributed by atoms with van der Waals surface area (Å²) in [6, 6.07) is 14.3. The minimum Gasteiger partial charge on any atom is -0.497 e. The number of benzene rings is 2. The summed E-state index contributed by atoms with van der Waals surface area (Å²) in [6.07, 6.45) is 12.6. The lowest BCUT2D eigenvalue weighted by atomic mass is 9.95. The fourth-order valence-electron chi connectivity index (χ4n) is 7.24. The molecule has 0 radical (unpaired) electrons. The van der Waals surface area contributed by atoms with E-state index in [2.05, 4.69) is 36.3 Å². The number of aromatic nitrogens is 5. The van der Waals surface area contributed by atoms with Crippen LogP contribution in [0.25, 0.3) is 10.9 Å². The van der Waals surface area contributed by atoms with Gasteiger partial charge in [-0.15, -0.1) is 5.10 Å². The zero-order valence-corrected chi connectivity index (χ0v) is 33.8. The Balaban J connectivity index is 0.898. The number of nitrogens with zero attached hydrogens (tertiary/aromatic N) is 6. The summed E-state index contributed by atoms with van der Waals surface area (Å²) in [5.74, 6) is 1.21. The van der Waals surface area contributed by atoms with Crippen molar-refractivity contribution in [1.29, 1.82) is 0 Å². The Hall–Kier alpha value is -4.71. The van der Waals surface area contributed by atoms with Crippen LogP contribution in [0.2, 0.25) is 0 Å². The van der Waals surface area contributed by atoms with Crippen LogP contribution in [0.15, 0.2) is 59.6 Å². The van der Waals surface area contributed by atoms with Gasteiger partial charge in [0.05, 0.1) is 36.3 Å². The number of nitrogens with one attached hydrogen (secondary N) is 5. The van der Waals surface area contributed by atoms with Crippen molar-refractivity contribution in [2.24, 2.45) is 5.73 Å². The summed E-state index contributed by atoms with van der Waals surface area (Å²) in [7, 11) is -0.228. The molecule has 57 heavy (non-hydrogen) atoms. The van der Waals surface area contributed by atoms with Crippen molar-refractivity contribution in [3.63, 3.8) is 0 Å². The number of hydrogen-bond acceptors (Lipinski definition) is 13. The first-order valence-corrected chi connectivity index (χ1v) is 21.5. The van der Waals surface area contributed by atoms with E-state index >= 15 is 0 Å². The largest absolute Gasteiger partial charge is 0.497 e. The first-order chi connectivity index (χ1) is 27.8. The van der Waals surface area contributed by atoms with Crippen LogP contribution in [-0.2, 0) is 33.7 Å². The summed E-state index contributed by atoms with van der Waals surface area (Å²) in [4.78, 5) is 37.5. The average molecular weight is 803 g/mol. The van der Waals surface area contributed by atoms with Gasteiger partial charge in [0.2, 0.25) is 17.8 Å². The number of aryl methyl sites for hydroxylation is 1. The molecule has 308 valence electrons. The number of methoxy groups -OCH3 is 1. The maximum absolute atomic E-state index is 13.1. The zero-order chi connectivity index (χ0) is 39.8. The number of anilines is 2. The van der Waals surface area contributed by atoms with E-state index in [0.717, 1.165) is 80.3 Å². The van der Waals surface area contributed by atoms with Crippen molar-refractivity contribution < 1.29 is 18.5 Å². The molecule has 1 unspecified atom stereocenters. The second-order valence-electron chi connectivity index (χ2n) is 14.8. The molecule has 1 saturated carbocycles. The number of ether oxygens (including phenoxy) is 1. The van der Waals surface area contributed by atoms with Crippen molar-refractivity contribution in [3.05, 3.63) is 60.4 Å². The maximum Gasteiger partial charge on any atom is 0.248 e. The molecule has 1 aliphatic heterocycles.